The van der Waals surface area contributed by atoms with E-state index in [1.54, 1.807) is 42.1 Å². The summed E-state index contributed by atoms with van der Waals surface area (Å²) in [6, 6.07) is 12.0. The van der Waals surface area contributed by atoms with Crippen LogP contribution in [0.25, 0.3) is 0 Å². The van der Waals surface area contributed by atoms with Gasteiger partial charge >= 0.3 is 0 Å². The Kier molecular flexibility index (Phi) is 5.33. The number of hydrogen-bond acceptors (Lipinski definition) is 6. The molecule has 0 radical (unpaired) electrons. The Morgan fingerprint density at radius 3 is 2.63 bits per heavy atom. The zero-order valence-electron chi connectivity index (χ0n) is 16.6. The van der Waals surface area contributed by atoms with Gasteiger partial charge in [0.2, 0.25) is 5.95 Å². The minimum Gasteiger partial charge on any atom is -0.497 e. The molecular weight excluding hydrogens is 406 g/mol. The van der Waals surface area contributed by atoms with Crippen LogP contribution in [-0.2, 0) is 4.79 Å². The molecular formula is C21H20ClN5O3. The highest BCUT2D eigenvalue weighted by Gasteiger charge is 2.33. The highest BCUT2D eigenvalue weighted by molar-refractivity contribution is 6.30. The number of nitrogens with zero attached hydrogens (tertiary/aromatic N) is 3. The second kappa shape index (κ2) is 8.08. The van der Waals surface area contributed by atoms with E-state index in [9.17, 15) is 4.79 Å². The van der Waals surface area contributed by atoms with Gasteiger partial charge in [-0.25, -0.2) is 4.68 Å². The first-order valence-corrected chi connectivity index (χ1v) is 9.55. The fraction of sp³-hybridized carbons (Fsp3) is 0.190. The molecule has 1 aliphatic rings. The van der Waals surface area contributed by atoms with E-state index in [2.05, 4.69) is 20.7 Å². The Hall–Kier alpha value is -3.52. The van der Waals surface area contributed by atoms with E-state index in [1.165, 1.54) is 13.4 Å². The van der Waals surface area contributed by atoms with Crippen LogP contribution in [0, 0.1) is 0 Å². The van der Waals surface area contributed by atoms with Crippen molar-refractivity contribution in [1.82, 2.24) is 14.8 Å². The lowest BCUT2D eigenvalue weighted by molar-refractivity contribution is -0.113. The standard InChI is InChI=1S/C21H20ClN5O3/c1-12-18(20(28)26-16-9-8-15(29-2)10-17(16)30-3)19(13-4-6-14(22)7-5-13)27-21(25-12)23-11-24-27/h4-11,19H,1-3H3,(H,26,28)(H,23,24,25)/t19-/m0/s1. The number of nitrogens with one attached hydrogen (secondary N) is 2. The molecule has 0 spiro atoms. The van der Waals surface area contributed by atoms with Crippen LogP contribution in [0.15, 0.2) is 60.1 Å². The van der Waals surface area contributed by atoms with Crippen LogP contribution < -0.4 is 20.1 Å². The second-order valence-electron chi connectivity index (χ2n) is 6.67. The van der Waals surface area contributed by atoms with Crippen LogP contribution >= 0.6 is 11.6 Å². The summed E-state index contributed by atoms with van der Waals surface area (Å²) < 4.78 is 12.3. The third-order valence-corrected chi connectivity index (χ3v) is 5.13. The molecule has 0 bridgehead atoms. The van der Waals surface area contributed by atoms with Crippen molar-refractivity contribution in [2.75, 3.05) is 24.9 Å². The largest absolute Gasteiger partial charge is 0.497 e. The van der Waals surface area contributed by atoms with Gasteiger partial charge < -0.3 is 20.1 Å². The van der Waals surface area contributed by atoms with Crippen LogP contribution in [0.5, 0.6) is 11.5 Å². The highest BCUT2D eigenvalue weighted by Crippen LogP contribution is 2.36. The van der Waals surface area contributed by atoms with Crippen molar-refractivity contribution in [2.24, 2.45) is 0 Å². The molecule has 2 heterocycles. The maximum atomic E-state index is 13.4. The van der Waals surface area contributed by atoms with Gasteiger partial charge in [0.25, 0.3) is 5.91 Å². The lowest BCUT2D eigenvalue weighted by Crippen LogP contribution is -2.31. The molecule has 0 fully saturated rings. The van der Waals surface area contributed by atoms with Crippen molar-refractivity contribution in [3.05, 3.63) is 70.6 Å². The molecule has 1 amide bonds. The van der Waals surface area contributed by atoms with Crippen LogP contribution in [0.1, 0.15) is 18.5 Å². The summed E-state index contributed by atoms with van der Waals surface area (Å²) in [5, 5.41) is 11.0. The normalized spacial score (nSPS) is 15.3. The van der Waals surface area contributed by atoms with Gasteiger partial charge in [-0.2, -0.15) is 10.1 Å². The molecule has 154 valence electrons. The van der Waals surface area contributed by atoms with Gasteiger partial charge in [-0.05, 0) is 36.8 Å². The van der Waals surface area contributed by atoms with Gasteiger partial charge in [-0.15, -0.1) is 0 Å². The molecule has 0 saturated carbocycles. The van der Waals surface area contributed by atoms with Gasteiger partial charge in [0.05, 0.1) is 25.5 Å². The van der Waals surface area contributed by atoms with Crippen LogP contribution in [0.2, 0.25) is 5.02 Å². The number of fused-ring (bicyclic) bond motifs is 1. The van der Waals surface area contributed by atoms with Crippen molar-refractivity contribution in [3.8, 4) is 11.5 Å². The molecule has 2 aromatic carbocycles. The number of amides is 1. The summed E-state index contributed by atoms with van der Waals surface area (Å²) in [7, 11) is 3.11. The maximum absolute atomic E-state index is 13.4. The van der Waals surface area contributed by atoms with Crippen molar-refractivity contribution in [1.29, 1.82) is 0 Å². The van der Waals surface area contributed by atoms with Crippen LogP contribution in [0.3, 0.4) is 0 Å². The highest BCUT2D eigenvalue weighted by atomic mass is 35.5. The minimum atomic E-state index is -0.467. The van der Waals surface area contributed by atoms with E-state index in [0.29, 0.717) is 39.4 Å². The first-order valence-electron chi connectivity index (χ1n) is 9.18. The Bertz CT molecular complexity index is 1120. The number of halogens is 1. The predicted molar refractivity (Wildman–Crippen MR) is 114 cm³/mol. The van der Waals surface area contributed by atoms with Crippen molar-refractivity contribution in [3.63, 3.8) is 0 Å². The Balaban J connectivity index is 1.74. The summed E-state index contributed by atoms with van der Waals surface area (Å²) in [5.74, 6) is 1.40. The van der Waals surface area contributed by atoms with Gasteiger partial charge in [0, 0.05) is 16.8 Å². The van der Waals surface area contributed by atoms with E-state index in [-0.39, 0.29) is 5.91 Å². The maximum Gasteiger partial charge on any atom is 0.255 e. The Morgan fingerprint density at radius 1 is 1.17 bits per heavy atom. The summed E-state index contributed by atoms with van der Waals surface area (Å²) in [6.45, 7) is 1.83. The molecule has 0 aliphatic carbocycles. The number of carbonyl (C=O) groups excluding carboxylic acids is 1. The number of hydrogen-bond donors (Lipinski definition) is 2. The number of anilines is 2. The molecule has 2 N–H and O–H groups in total. The molecule has 3 aromatic rings. The summed E-state index contributed by atoms with van der Waals surface area (Å²) in [5.41, 5.74) is 2.58. The predicted octanol–water partition coefficient (Wildman–Crippen LogP) is 3.88. The summed E-state index contributed by atoms with van der Waals surface area (Å²) in [6.07, 6.45) is 1.45. The molecule has 30 heavy (non-hydrogen) atoms. The molecule has 1 atom stereocenters. The Labute approximate surface area is 178 Å². The van der Waals surface area contributed by atoms with E-state index >= 15 is 0 Å². The molecule has 1 aromatic heterocycles. The first-order chi connectivity index (χ1) is 14.5. The first kappa shape index (κ1) is 19.8. The number of rotatable bonds is 5. The van der Waals surface area contributed by atoms with Gasteiger partial charge in [-0.3, -0.25) is 4.79 Å². The topological polar surface area (TPSA) is 90.3 Å². The van der Waals surface area contributed by atoms with Crippen LogP contribution in [-0.4, -0.2) is 34.9 Å². The van der Waals surface area contributed by atoms with E-state index in [1.807, 2.05) is 19.1 Å². The zero-order chi connectivity index (χ0) is 21.3. The lowest BCUT2D eigenvalue weighted by Gasteiger charge is -2.29. The van der Waals surface area contributed by atoms with Crippen molar-refractivity contribution < 1.29 is 14.3 Å². The molecule has 9 heteroatoms. The monoisotopic (exact) mass is 425 g/mol. The summed E-state index contributed by atoms with van der Waals surface area (Å²) in [4.78, 5) is 17.6. The number of methoxy groups -OCH3 is 2. The van der Waals surface area contributed by atoms with Gasteiger partial charge in [0.15, 0.2) is 0 Å². The molecule has 0 saturated heterocycles. The average molecular weight is 426 g/mol. The van der Waals surface area contributed by atoms with Crippen LogP contribution in [0.4, 0.5) is 11.6 Å². The van der Waals surface area contributed by atoms with Crippen molar-refractivity contribution >= 4 is 29.1 Å². The van der Waals surface area contributed by atoms with Gasteiger partial charge in [-0.1, -0.05) is 23.7 Å². The minimum absolute atomic E-state index is 0.287. The fourth-order valence-corrected chi connectivity index (χ4v) is 3.56. The SMILES string of the molecule is COc1ccc(NC(=O)C2=C(C)Nc3ncnn3[C@H]2c2ccc(Cl)cc2)c(OC)c1. The van der Waals surface area contributed by atoms with E-state index in [4.69, 9.17) is 21.1 Å². The fourth-order valence-electron chi connectivity index (χ4n) is 3.43. The molecule has 8 nitrogen and oxygen atoms in total. The van der Waals surface area contributed by atoms with E-state index in [0.717, 1.165) is 5.56 Å². The molecule has 1 aliphatic heterocycles. The quantitative estimate of drug-likeness (QED) is 0.644. The number of allylic oxidation sites excluding steroid dienone is 1. The van der Waals surface area contributed by atoms with Gasteiger partial charge in [0.1, 0.15) is 23.9 Å². The Morgan fingerprint density at radius 2 is 1.93 bits per heavy atom. The summed E-state index contributed by atoms with van der Waals surface area (Å²) >= 11 is 6.06. The smallest absolute Gasteiger partial charge is 0.255 e. The average Bonchev–Trinajstić information content (AvgIpc) is 3.21. The number of aromatic nitrogens is 3. The third kappa shape index (κ3) is 3.57. The second-order valence-corrected chi connectivity index (χ2v) is 7.10. The lowest BCUT2D eigenvalue weighted by atomic mass is 9.95. The number of carbonyl (C=O) groups is 1. The third-order valence-electron chi connectivity index (χ3n) is 4.88. The van der Waals surface area contributed by atoms with Crippen molar-refractivity contribution in [2.45, 2.75) is 13.0 Å². The van der Waals surface area contributed by atoms with E-state index < -0.39 is 6.04 Å². The molecule has 0 unspecified atom stereocenters. The molecule has 4 rings (SSSR count). The zero-order valence-corrected chi connectivity index (χ0v) is 17.4. The number of benzene rings is 2. The number of ether oxygens (including phenoxy) is 2.